The van der Waals surface area contributed by atoms with Crippen molar-refractivity contribution in [3.63, 3.8) is 0 Å². The zero-order valence-corrected chi connectivity index (χ0v) is 32.0. The van der Waals surface area contributed by atoms with E-state index in [-0.39, 0.29) is 29.3 Å². The molecule has 2 aliphatic rings. The highest BCUT2D eigenvalue weighted by Crippen LogP contribution is 2.41. The molecule has 0 amide bonds. The highest BCUT2D eigenvalue weighted by atomic mass is 32.2. The number of H-pyrrole nitrogens is 1. The molecule has 0 unspecified atom stereocenters. The molecule has 4 aromatic rings. The SMILES string of the molecule is COCCCOc1ccc([C@H]2C[C@H](C[C@@H](C)c3nn[nH]n3)N(S(=O)(=O)c3ccc(C)cc3)C[C@@H]2OCc2ccc3c(c2)N(CCCOC)CCO3)cc1. The quantitative estimate of drug-likeness (QED) is 0.129. The summed E-state index contributed by atoms with van der Waals surface area (Å²) in [6.45, 7) is 8.61. The standard InChI is InChI=1S/C39H52N6O7S/c1-28-7-14-34(15-8-28)53(46,47)45-26-38(52-27-30-9-16-37-36(24-30)44(18-22-51-37)17-5-19-48-3)35(25-32(45)23-29(2)39-40-42-43-41-39)31-10-12-33(13-11-31)50-21-6-20-49-4/h7-16,24,29,32,35,38H,5-6,17-23,25-27H2,1-4H3,(H,40,41,42,43)/t29-,32+,35-,38+/m1/s1. The monoisotopic (exact) mass is 748 g/mol. The number of nitrogens with zero attached hydrogens (tertiary/aromatic N) is 5. The van der Waals surface area contributed by atoms with Gasteiger partial charge in [-0.1, -0.05) is 48.0 Å². The molecule has 53 heavy (non-hydrogen) atoms. The molecule has 0 spiro atoms. The second kappa shape index (κ2) is 18.3. The third kappa shape index (κ3) is 9.73. The molecule has 1 aromatic heterocycles. The van der Waals surface area contributed by atoms with Gasteiger partial charge in [-0.25, -0.2) is 8.42 Å². The molecule has 1 fully saturated rings. The van der Waals surface area contributed by atoms with Crippen molar-refractivity contribution in [1.29, 1.82) is 0 Å². The summed E-state index contributed by atoms with van der Waals surface area (Å²) in [6.07, 6.45) is 2.32. The highest BCUT2D eigenvalue weighted by molar-refractivity contribution is 7.89. The maximum Gasteiger partial charge on any atom is 0.243 e. The number of piperidine rings is 1. The topological polar surface area (TPSA) is 141 Å². The van der Waals surface area contributed by atoms with Crippen LogP contribution in [-0.4, -0.2) is 106 Å². The van der Waals surface area contributed by atoms with E-state index in [4.69, 9.17) is 23.7 Å². The molecule has 4 atom stereocenters. The minimum Gasteiger partial charge on any atom is -0.494 e. The molecule has 0 bridgehead atoms. The minimum absolute atomic E-state index is 0.101. The molecule has 0 aliphatic carbocycles. The van der Waals surface area contributed by atoms with Crippen molar-refractivity contribution in [2.75, 3.05) is 65.2 Å². The first-order valence-electron chi connectivity index (χ1n) is 18.4. The summed E-state index contributed by atoms with van der Waals surface area (Å²) in [5, 5.41) is 14.7. The number of anilines is 1. The average molecular weight is 749 g/mol. The fourth-order valence-electron chi connectivity index (χ4n) is 7.23. The third-order valence-electron chi connectivity index (χ3n) is 10.1. The highest BCUT2D eigenvalue weighted by Gasteiger charge is 2.43. The molecule has 6 rings (SSSR count). The van der Waals surface area contributed by atoms with E-state index in [0.717, 1.165) is 59.8 Å². The van der Waals surface area contributed by atoms with Crippen molar-refractivity contribution in [1.82, 2.24) is 24.9 Å². The number of hydrogen-bond donors (Lipinski definition) is 1. The van der Waals surface area contributed by atoms with Gasteiger partial charge in [0, 0.05) is 64.8 Å². The van der Waals surface area contributed by atoms with Gasteiger partial charge in [-0.3, -0.25) is 0 Å². The zero-order chi connectivity index (χ0) is 37.2. The lowest BCUT2D eigenvalue weighted by Gasteiger charge is -2.44. The Labute approximate surface area is 313 Å². The largest absolute Gasteiger partial charge is 0.494 e. The lowest BCUT2D eigenvalue weighted by molar-refractivity contribution is -0.0215. The number of nitrogens with one attached hydrogen (secondary N) is 1. The zero-order valence-electron chi connectivity index (χ0n) is 31.1. The number of ether oxygens (including phenoxy) is 5. The molecule has 1 N–H and O–H groups in total. The Morgan fingerprint density at radius 3 is 2.49 bits per heavy atom. The van der Waals surface area contributed by atoms with Crippen LogP contribution in [0.4, 0.5) is 5.69 Å². The number of tetrazole rings is 1. The number of aryl methyl sites for hydroxylation is 1. The number of fused-ring (bicyclic) bond motifs is 1. The van der Waals surface area contributed by atoms with Crippen molar-refractivity contribution < 1.29 is 32.1 Å². The van der Waals surface area contributed by atoms with Crippen LogP contribution in [0.3, 0.4) is 0 Å². The van der Waals surface area contributed by atoms with Crippen molar-refractivity contribution in [3.05, 3.63) is 89.2 Å². The summed E-state index contributed by atoms with van der Waals surface area (Å²) < 4.78 is 59.9. The van der Waals surface area contributed by atoms with E-state index in [9.17, 15) is 8.42 Å². The first-order valence-corrected chi connectivity index (χ1v) is 19.9. The first kappa shape index (κ1) is 38.6. The summed E-state index contributed by atoms with van der Waals surface area (Å²) in [4.78, 5) is 2.59. The molecular formula is C39H52N6O7S. The van der Waals surface area contributed by atoms with E-state index in [1.165, 1.54) is 0 Å². The molecule has 2 aliphatic heterocycles. The van der Waals surface area contributed by atoms with E-state index in [0.29, 0.717) is 51.7 Å². The summed E-state index contributed by atoms with van der Waals surface area (Å²) in [5.74, 6) is 1.94. The van der Waals surface area contributed by atoms with Gasteiger partial charge in [0.25, 0.3) is 0 Å². The van der Waals surface area contributed by atoms with Gasteiger partial charge in [0.05, 0.1) is 36.4 Å². The summed E-state index contributed by atoms with van der Waals surface area (Å²) in [6, 6.07) is 21.0. The van der Waals surface area contributed by atoms with Gasteiger partial charge in [-0.2, -0.15) is 9.52 Å². The van der Waals surface area contributed by atoms with E-state index in [2.05, 4.69) is 43.7 Å². The van der Waals surface area contributed by atoms with Crippen LogP contribution < -0.4 is 14.4 Å². The number of sulfonamides is 1. The van der Waals surface area contributed by atoms with Crippen LogP contribution in [0, 0.1) is 6.92 Å². The molecule has 13 nitrogen and oxygen atoms in total. The van der Waals surface area contributed by atoms with Crippen LogP contribution in [-0.2, 0) is 30.8 Å². The van der Waals surface area contributed by atoms with Crippen LogP contribution in [0.5, 0.6) is 11.5 Å². The molecule has 3 heterocycles. The molecular weight excluding hydrogens is 697 g/mol. The number of rotatable bonds is 18. The Hall–Kier alpha value is -4.08. The smallest absolute Gasteiger partial charge is 0.243 e. The van der Waals surface area contributed by atoms with Crippen LogP contribution in [0.25, 0.3) is 0 Å². The van der Waals surface area contributed by atoms with Gasteiger partial charge in [0.2, 0.25) is 10.0 Å². The summed E-state index contributed by atoms with van der Waals surface area (Å²) in [5.41, 5.74) is 4.08. The predicted octanol–water partition coefficient (Wildman–Crippen LogP) is 5.48. The lowest BCUT2D eigenvalue weighted by Crippen LogP contribution is -2.52. The van der Waals surface area contributed by atoms with Crippen LogP contribution in [0.2, 0.25) is 0 Å². The van der Waals surface area contributed by atoms with Crippen LogP contribution >= 0.6 is 0 Å². The van der Waals surface area contributed by atoms with Crippen LogP contribution in [0.1, 0.15) is 67.0 Å². The molecule has 286 valence electrons. The maximum atomic E-state index is 14.5. The fourth-order valence-corrected chi connectivity index (χ4v) is 8.89. The third-order valence-corrected chi connectivity index (χ3v) is 12.0. The fraction of sp³-hybridized carbons (Fsp3) is 0.513. The first-order chi connectivity index (χ1) is 25.8. The van der Waals surface area contributed by atoms with E-state index in [1.54, 1.807) is 30.7 Å². The normalized spacial score (nSPS) is 19.8. The average Bonchev–Trinajstić information content (AvgIpc) is 3.72. The molecule has 0 saturated carbocycles. The van der Waals surface area contributed by atoms with Crippen molar-refractivity contribution >= 4 is 15.7 Å². The molecule has 3 aromatic carbocycles. The van der Waals surface area contributed by atoms with Crippen LogP contribution in [0.15, 0.2) is 71.6 Å². The predicted molar refractivity (Wildman–Crippen MR) is 201 cm³/mol. The number of aromatic amines is 1. The Morgan fingerprint density at radius 2 is 1.75 bits per heavy atom. The number of aromatic nitrogens is 4. The maximum absolute atomic E-state index is 14.5. The summed E-state index contributed by atoms with van der Waals surface area (Å²) >= 11 is 0. The van der Waals surface area contributed by atoms with Gasteiger partial charge in [-0.15, -0.1) is 10.2 Å². The number of methoxy groups -OCH3 is 2. The molecule has 1 saturated heterocycles. The lowest BCUT2D eigenvalue weighted by atomic mass is 9.81. The Kier molecular flexibility index (Phi) is 13.3. The minimum atomic E-state index is -3.89. The summed E-state index contributed by atoms with van der Waals surface area (Å²) in [7, 11) is -0.490. The number of hydrogen-bond acceptors (Lipinski definition) is 11. The van der Waals surface area contributed by atoms with Gasteiger partial charge in [0.15, 0.2) is 5.82 Å². The second-order valence-corrected chi connectivity index (χ2v) is 15.8. The van der Waals surface area contributed by atoms with E-state index in [1.807, 2.05) is 50.2 Å². The second-order valence-electron chi connectivity index (χ2n) is 13.9. The molecule has 0 radical (unpaired) electrons. The van der Waals surface area contributed by atoms with E-state index >= 15 is 0 Å². The Morgan fingerprint density at radius 1 is 0.981 bits per heavy atom. The Balaban J connectivity index is 1.30. The van der Waals surface area contributed by atoms with E-state index < -0.39 is 16.1 Å². The van der Waals surface area contributed by atoms with Gasteiger partial charge in [-0.05, 0) is 73.7 Å². The van der Waals surface area contributed by atoms with Crippen molar-refractivity contribution in [2.45, 2.75) is 75.0 Å². The number of benzene rings is 3. The Bertz CT molecular complexity index is 1830. The molecule has 14 heteroatoms. The van der Waals surface area contributed by atoms with Gasteiger partial charge < -0.3 is 28.6 Å². The van der Waals surface area contributed by atoms with Crippen molar-refractivity contribution in [2.24, 2.45) is 0 Å². The van der Waals surface area contributed by atoms with Gasteiger partial charge >= 0.3 is 0 Å². The van der Waals surface area contributed by atoms with Crippen molar-refractivity contribution in [3.8, 4) is 11.5 Å². The van der Waals surface area contributed by atoms with Gasteiger partial charge in [0.1, 0.15) is 18.1 Å².